The highest BCUT2D eigenvalue weighted by molar-refractivity contribution is 5.85. The van der Waals surface area contributed by atoms with E-state index in [-0.39, 0.29) is 24.8 Å². The molecule has 3 nitrogen and oxygen atoms in total. The predicted octanol–water partition coefficient (Wildman–Crippen LogP) is 1.35. The van der Waals surface area contributed by atoms with Gasteiger partial charge in [0.15, 0.2) is 0 Å². The summed E-state index contributed by atoms with van der Waals surface area (Å²) in [5.74, 6) is 1.02. The summed E-state index contributed by atoms with van der Waals surface area (Å²) in [7, 11) is 0. The number of anilines is 1. The molecule has 0 saturated heterocycles. The van der Waals surface area contributed by atoms with Crippen LogP contribution in [0.15, 0.2) is 12.1 Å². The maximum atomic E-state index is 5.45. The van der Waals surface area contributed by atoms with Crippen LogP contribution in [0.5, 0.6) is 0 Å². The van der Waals surface area contributed by atoms with Crippen LogP contribution in [-0.2, 0) is 13.0 Å². The Labute approximate surface area is 89.9 Å². The minimum atomic E-state index is 0. The van der Waals surface area contributed by atoms with Crippen molar-refractivity contribution in [2.75, 3.05) is 11.9 Å². The average molecular weight is 222 g/mol. The molecule has 1 aromatic heterocycles. The molecular weight excluding hydrogens is 209 g/mol. The number of hydrogen-bond donors (Lipinski definition) is 2. The van der Waals surface area contributed by atoms with Gasteiger partial charge in [-0.2, -0.15) is 0 Å². The van der Waals surface area contributed by atoms with Crippen LogP contribution in [0.4, 0.5) is 5.82 Å². The summed E-state index contributed by atoms with van der Waals surface area (Å²) in [5.41, 5.74) is 7.72. The van der Waals surface area contributed by atoms with Gasteiger partial charge in [-0.05, 0) is 18.1 Å². The third kappa shape index (κ3) is 2.46. The second kappa shape index (κ2) is 5.27. The van der Waals surface area contributed by atoms with Crippen molar-refractivity contribution in [1.29, 1.82) is 0 Å². The Morgan fingerprint density at radius 1 is 1.38 bits per heavy atom. The molecule has 5 heteroatoms. The Hall–Kier alpha value is -0.510. The topological polar surface area (TPSA) is 50.9 Å². The molecule has 0 fully saturated rings. The number of pyridine rings is 1. The van der Waals surface area contributed by atoms with Gasteiger partial charge in [0, 0.05) is 13.1 Å². The number of fused-ring (bicyclic) bond motifs is 1. The van der Waals surface area contributed by atoms with Crippen LogP contribution >= 0.6 is 24.8 Å². The molecule has 13 heavy (non-hydrogen) atoms. The van der Waals surface area contributed by atoms with Crippen molar-refractivity contribution in [2.24, 2.45) is 5.73 Å². The summed E-state index contributed by atoms with van der Waals surface area (Å²) in [6.45, 7) is 1.53. The Bertz CT molecular complexity index is 278. The number of halogens is 2. The van der Waals surface area contributed by atoms with Crippen LogP contribution in [0.2, 0.25) is 0 Å². The van der Waals surface area contributed by atoms with Crippen LogP contribution in [0.25, 0.3) is 0 Å². The van der Waals surface area contributed by atoms with Gasteiger partial charge in [0.1, 0.15) is 5.82 Å². The van der Waals surface area contributed by atoms with Crippen molar-refractivity contribution < 1.29 is 0 Å². The first-order valence-electron chi connectivity index (χ1n) is 3.83. The summed E-state index contributed by atoms with van der Waals surface area (Å²) < 4.78 is 0. The van der Waals surface area contributed by atoms with Gasteiger partial charge in [0.05, 0.1) is 5.69 Å². The van der Waals surface area contributed by atoms with Gasteiger partial charge in [-0.3, -0.25) is 0 Å². The number of nitrogens with zero attached hydrogens (tertiary/aromatic N) is 1. The molecule has 74 valence electrons. The fraction of sp³-hybridized carbons (Fsp3) is 0.375. The van der Waals surface area contributed by atoms with Crippen molar-refractivity contribution in [3.63, 3.8) is 0 Å². The molecule has 0 aliphatic carbocycles. The summed E-state index contributed by atoms with van der Waals surface area (Å²) in [5, 5.41) is 3.21. The lowest BCUT2D eigenvalue weighted by molar-refractivity contribution is 0.991. The van der Waals surface area contributed by atoms with Crippen molar-refractivity contribution in [2.45, 2.75) is 13.0 Å². The molecule has 1 aliphatic rings. The largest absolute Gasteiger partial charge is 0.370 e. The quantitative estimate of drug-likeness (QED) is 0.754. The zero-order chi connectivity index (χ0) is 7.68. The molecule has 3 N–H and O–H groups in total. The van der Waals surface area contributed by atoms with E-state index in [0.717, 1.165) is 24.5 Å². The van der Waals surface area contributed by atoms with Crippen molar-refractivity contribution >= 4 is 30.6 Å². The number of hydrogen-bond acceptors (Lipinski definition) is 3. The summed E-state index contributed by atoms with van der Waals surface area (Å²) in [4.78, 5) is 4.34. The lowest BCUT2D eigenvalue weighted by Crippen LogP contribution is -2.01. The van der Waals surface area contributed by atoms with Gasteiger partial charge < -0.3 is 11.1 Å². The highest BCUT2D eigenvalue weighted by atomic mass is 35.5. The summed E-state index contributed by atoms with van der Waals surface area (Å²) in [6.07, 6.45) is 1.09. The Morgan fingerprint density at radius 3 is 2.85 bits per heavy atom. The van der Waals surface area contributed by atoms with Crippen LogP contribution in [0.1, 0.15) is 11.3 Å². The fourth-order valence-corrected chi connectivity index (χ4v) is 1.31. The molecule has 0 bridgehead atoms. The lowest BCUT2D eigenvalue weighted by Gasteiger charge is -2.00. The molecular formula is C8H13Cl2N3. The molecule has 1 aliphatic heterocycles. The predicted molar refractivity (Wildman–Crippen MR) is 58.8 cm³/mol. The van der Waals surface area contributed by atoms with Crippen molar-refractivity contribution in [3.05, 3.63) is 23.4 Å². The average Bonchev–Trinajstić information content (AvgIpc) is 2.50. The van der Waals surface area contributed by atoms with Crippen molar-refractivity contribution in [1.82, 2.24) is 4.98 Å². The zero-order valence-electron chi connectivity index (χ0n) is 7.12. The van der Waals surface area contributed by atoms with E-state index in [0.29, 0.717) is 6.54 Å². The monoisotopic (exact) mass is 221 g/mol. The number of nitrogens with two attached hydrogens (primary N) is 1. The second-order valence-electron chi connectivity index (χ2n) is 2.69. The van der Waals surface area contributed by atoms with Crippen molar-refractivity contribution in [3.8, 4) is 0 Å². The standard InChI is InChI=1S/C8H11N3.2ClH/c9-5-7-2-1-6-3-4-10-8(6)11-7;;/h1-2H,3-5,9H2,(H,10,11);2*1H. The van der Waals surface area contributed by atoms with Gasteiger partial charge in [0.25, 0.3) is 0 Å². The van der Waals surface area contributed by atoms with Crippen LogP contribution in [-0.4, -0.2) is 11.5 Å². The SMILES string of the molecule is Cl.Cl.NCc1ccc2c(n1)NCC2. The Balaban J connectivity index is 0.000000720. The molecule has 0 radical (unpaired) electrons. The van der Waals surface area contributed by atoms with E-state index < -0.39 is 0 Å². The van der Waals surface area contributed by atoms with Crippen LogP contribution in [0, 0.1) is 0 Å². The van der Waals surface area contributed by atoms with E-state index in [2.05, 4.69) is 16.4 Å². The van der Waals surface area contributed by atoms with E-state index in [4.69, 9.17) is 5.73 Å². The normalized spacial score (nSPS) is 12.1. The smallest absolute Gasteiger partial charge is 0.129 e. The first-order valence-corrected chi connectivity index (χ1v) is 3.83. The van der Waals surface area contributed by atoms with Gasteiger partial charge in [0.2, 0.25) is 0 Å². The summed E-state index contributed by atoms with van der Waals surface area (Å²) in [6, 6.07) is 4.09. The molecule has 0 aromatic carbocycles. The maximum Gasteiger partial charge on any atom is 0.129 e. The number of rotatable bonds is 1. The number of aromatic nitrogens is 1. The van der Waals surface area contributed by atoms with E-state index in [9.17, 15) is 0 Å². The first-order chi connectivity index (χ1) is 5.40. The molecule has 0 spiro atoms. The molecule has 1 aromatic rings. The Morgan fingerprint density at radius 2 is 2.15 bits per heavy atom. The van der Waals surface area contributed by atoms with Gasteiger partial charge in [-0.15, -0.1) is 24.8 Å². The van der Waals surface area contributed by atoms with Gasteiger partial charge in [-0.1, -0.05) is 6.07 Å². The van der Waals surface area contributed by atoms with Crippen LogP contribution < -0.4 is 11.1 Å². The molecule has 0 saturated carbocycles. The highest BCUT2D eigenvalue weighted by Gasteiger charge is 2.10. The minimum Gasteiger partial charge on any atom is -0.370 e. The number of nitrogens with one attached hydrogen (secondary N) is 1. The van der Waals surface area contributed by atoms with E-state index in [1.54, 1.807) is 0 Å². The van der Waals surface area contributed by atoms with E-state index >= 15 is 0 Å². The molecule has 2 heterocycles. The summed E-state index contributed by atoms with van der Waals surface area (Å²) >= 11 is 0. The van der Waals surface area contributed by atoms with E-state index in [1.165, 1.54) is 5.56 Å². The van der Waals surface area contributed by atoms with Crippen LogP contribution in [0.3, 0.4) is 0 Å². The third-order valence-corrected chi connectivity index (χ3v) is 1.93. The minimum absolute atomic E-state index is 0. The fourth-order valence-electron chi connectivity index (χ4n) is 1.31. The zero-order valence-corrected chi connectivity index (χ0v) is 8.75. The molecule has 0 unspecified atom stereocenters. The molecule has 2 rings (SSSR count). The maximum absolute atomic E-state index is 5.45. The van der Waals surface area contributed by atoms with Gasteiger partial charge >= 0.3 is 0 Å². The molecule has 0 amide bonds. The van der Waals surface area contributed by atoms with Gasteiger partial charge in [-0.25, -0.2) is 4.98 Å². The lowest BCUT2D eigenvalue weighted by atomic mass is 10.2. The first kappa shape index (κ1) is 12.5. The van der Waals surface area contributed by atoms with E-state index in [1.807, 2.05) is 6.07 Å². The molecule has 0 atom stereocenters. The third-order valence-electron chi connectivity index (χ3n) is 1.93. The Kier molecular flexibility index (Phi) is 5.06. The highest BCUT2D eigenvalue weighted by Crippen LogP contribution is 2.18. The second-order valence-corrected chi connectivity index (χ2v) is 2.69.